The Morgan fingerprint density at radius 1 is 1.50 bits per heavy atom. The number of hydrogen-bond acceptors (Lipinski definition) is 5. The molecular formula is C12H21N3O3S2. The van der Waals surface area contributed by atoms with Crippen molar-refractivity contribution in [1.29, 1.82) is 0 Å². The van der Waals surface area contributed by atoms with E-state index < -0.39 is 10.0 Å². The molecule has 0 aromatic carbocycles. The van der Waals surface area contributed by atoms with Crippen LogP contribution in [0.4, 0.5) is 0 Å². The topological polar surface area (TPSA) is 82.3 Å². The molecule has 2 heterocycles. The normalized spacial score (nSPS) is 20.9. The molecule has 2 rings (SSSR count). The van der Waals surface area contributed by atoms with Gasteiger partial charge in [0.15, 0.2) is 4.21 Å². The number of thiazole rings is 1. The third-order valence-electron chi connectivity index (χ3n) is 3.63. The van der Waals surface area contributed by atoms with Gasteiger partial charge in [-0.3, -0.25) is 4.79 Å². The number of nitrogens with zero attached hydrogens (tertiary/aromatic N) is 1. The number of sulfonamides is 1. The zero-order valence-corrected chi connectivity index (χ0v) is 13.6. The molecule has 1 unspecified atom stereocenters. The number of nitrogens with one attached hydrogen (secondary N) is 2. The zero-order valence-electron chi connectivity index (χ0n) is 12.0. The van der Waals surface area contributed by atoms with Crippen molar-refractivity contribution in [3.63, 3.8) is 0 Å². The van der Waals surface area contributed by atoms with E-state index >= 15 is 0 Å². The minimum Gasteiger partial charge on any atom is -0.315 e. The summed E-state index contributed by atoms with van der Waals surface area (Å²) in [6, 6.07) is 0.494. The zero-order chi connectivity index (χ0) is 14.9. The highest BCUT2D eigenvalue weighted by Gasteiger charge is 2.27. The van der Waals surface area contributed by atoms with E-state index in [2.05, 4.69) is 28.5 Å². The Morgan fingerprint density at radius 2 is 2.20 bits per heavy atom. The number of aromatic amines is 1. The molecule has 0 amide bonds. The lowest BCUT2D eigenvalue weighted by Crippen LogP contribution is -2.33. The molecule has 1 aromatic rings. The average Bonchev–Trinajstić information content (AvgIpc) is 2.93. The second-order valence-corrected chi connectivity index (χ2v) is 8.47. The second-order valence-electron chi connectivity index (χ2n) is 5.52. The number of likely N-dealkylation sites (tertiary alicyclic amines) is 1. The first-order valence-corrected chi connectivity index (χ1v) is 9.03. The summed E-state index contributed by atoms with van der Waals surface area (Å²) in [7, 11) is -3.58. The van der Waals surface area contributed by atoms with Gasteiger partial charge in [-0.25, -0.2) is 13.1 Å². The quantitative estimate of drug-likeness (QED) is 0.839. The Kier molecular flexibility index (Phi) is 4.68. The summed E-state index contributed by atoms with van der Waals surface area (Å²) >= 11 is 0.737. The first kappa shape index (κ1) is 15.7. The fraction of sp³-hybridized carbons (Fsp3) is 0.750. The van der Waals surface area contributed by atoms with E-state index in [-0.39, 0.29) is 9.08 Å². The molecule has 1 atom stereocenters. The standard InChI is InChI=1S/C12H21N3O3S2/c1-8(2)15-5-4-10(7-15)6-13-20(17,18)11-9(3)14-12(16)19-11/h8,10,13H,4-7H2,1-3H3,(H,14,16). The minimum atomic E-state index is -3.58. The summed E-state index contributed by atoms with van der Waals surface area (Å²) in [5.74, 6) is 0.336. The Hall–Kier alpha value is -0.700. The van der Waals surface area contributed by atoms with Gasteiger partial charge in [-0.1, -0.05) is 11.3 Å². The van der Waals surface area contributed by atoms with Gasteiger partial charge in [0.1, 0.15) is 0 Å². The SMILES string of the molecule is Cc1[nH]c(=O)sc1S(=O)(=O)NCC1CCN(C(C)C)C1. The maximum Gasteiger partial charge on any atom is 0.305 e. The van der Waals surface area contributed by atoms with Gasteiger partial charge in [-0.2, -0.15) is 0 Å². The minimum absolute atomic E-state index is 0.0983. The van der Waals surface area contributed by atoms with Crippen LogP contribution < -0.4 is 9.60 Å². The smallest absolute Gasteiger partial charge is 0.305 e. The summed E-state index contributed by atoms with van der Waals surface area (Å²) in [4.78, 5) is 15.7. The molecule has 0 bridgehead atoms. The van der Waals surface area contributed by atoms with Gasteiger partial charge in [0.2, 0.25) is 0 Å². The van der Waals surface area contributed by atoms with Gasteiger partial charge >= 0.3 is 4.87 Å². The van der Waals surface area contributed by atoms with Crippen LogP contribution in [0.2, 0.25) is 0 Å². The van der Waals surface area contributed by atoms with E-state index in [1.54, 1.807) is 6.92 Å². The van der Waals surface area contributed by atoms with Crippen molar-refractivity contribution >= 4 is 21.4 Å². The van der Waals surface area contributed by atoms with Crippen LogP contribution >= 0.6 is 11.3 Å². The van der Waals surface area contributed by atoms with Crippen molar-refractivity contribution in [1.82, 2.24) is 14.6 Å². The molecule has 1 aliphatic rings. The molecule has 1 fully saturated rings. The van der Waals surface area contributed by atoms with E-state index in [1.165, 1.54) is 0 Å². The van der Waals surface area contributed by atoms with Gasteiger partial charge in [0.25, 0.3) is 10.0 Å². The van der Waals surface area contributed by atoms with Gasteiger partial charge in [-0.05, 0) is 39.7 Å². The van der Waals surface area contributed by atoms with Crippen LogP contribution in [0, 0.1) is 12.8 Å². The van der Waals surface area contributed by atoms with Gasteiger partial charge in [-0.15, -0.1) is 0 Å². The largest absolute Gasteiger partial charge is 0.315 e. The van der Waals surface area contributed by atoms with Crippen LogP contribution in [-0.4, -0.2) is 44.0 Å². The van der Waals surface area contributed by atoms with Crippen LogP contribution in [0.3, 0.4) is 0 Å². The molecule has 1 saturated heterocycles. The summed E-state index contributed by atoms with van der Waals surface area (Å²) < 4.78 is 27.1. The second kappa shape index (κ2) is 5.97. The lowest BCUT2D eigenvalue weighted by atomic mass is 10.1. The third kappa shape index (κ3) is 3.49. The predicted octanol–water partition coefficient (Wildman–Crippen LogP) is 0.753. The van der Waals surface area contributed by atoms with Crippen LogP contribution in [-0.2, 0) is 10.0 Å². The number of H-pyrrole nitrogens is 1. The van der Waals surface area contributed by atoms with Gasteiger partial charge in [0.05, 0.1) is 0 Å². The first-order valence-electron chi connectivity index (χ1n) is 6.73. The number of aromatic nitrogens is 1. The molecule has 8 heteroatoms. The third-order valence-corrected chi connectivity index (χ3v) is 6.66. The number of rotatable bonds is 5. The van der Waals surface area contributed by atoms with E-state index in [0.717, 1.165) is 30.8 Å². The van der Waals surface area contributed by atoms with Crippen molar-refractivity contribution in [2.75, 3.05) is 19.6 Å². The van der Waals surface area contributed by atoms with Crippen LogP contribution in [0.1, 0.15) is 26.0 Å². The molecule has 6 nitrogen and oxygen atoms in total. The lowest BCUT2D eigenvalue weighted by molar-refractivity contribution is 0.265. The Balaban J connectivity index is 1.97. The maximum absolute atomic E-state index is 12.2. The summed E-state index contributed by atoms with van der Waals surface area (Å²) in [6.07, 6.45) is 1.00. The molecule has 1 aromatic heterocycles. The molecule has 0 saturated carbocycles. The van der Waals surface area contributed by atoms with Gasteiger partial charge in [0, 0.05) is 24.8 Å². The van der Waals surface area contributed by atoms with Crippen LogP contribution in [0.25, 0.3) is 0 Å². The number of hydrogen-bond donors (Lipinski definition) is 2. The molecular weight excluding hydrogens is 298 g/mol. The average molecular weight is 319 g/mol. The monoisotopic (exact) mass is 319 g/mol. The van der Waals surface area contributed by atoms with E-state index in [9.17, 15) is 13.2 Å². The Bertz CT molecular complexity index is 618. The van der Waals surface area contributed by atoms with Crippen molar-refractivity contribution in [2.24, 2.45) is 5.92 Å². The molecule has 1 aliphatic heterocycles. The predicted molar refractivity (Wildman–Crippen MR) is 79.7 cm³/mol. The maximum atomic E-state index is 12.2. The fourth-order valence-corrected chi connectivity index (χ4v) is 4.90. The molecule has 0 spiro atoms. The number of aryl methyl sites for hydroxylation is 1. The molecule has 114 valence electrons. The molecule has 2 N–H and O–H groups in total. The van der Waals surface area contributed by atoms with E-state index in [0.29, 0.717) is 24.2 Å². The summed E-state index contributed by atoms with van der Waals surface area (Å²) in [5, 5.41) is 0. The molecule has 0 radical (unpaired) electrons. The molecule has 20 heavy (non-hydrogen) atoms. The summed E-state index contributed by atoms with van der Waals surface area (Å²) in [5.41, 5.74) is 0.405. The lowest BCUT2D eigenvalue weighted by Gasteiger charge is -2.20. The first-order chi connectivity index (χ1) is 9.29. The van der Waals surface area contributed by atoms with Crippen molar-refractivity contribution in [3.8, 4) is 0 Å². The highest BCUT2D eigenvalue weighted by atomic mass is 32.2. The van der Waals surface area contributed by atoms with Gasteiger partial charge < -0.3 is 9.88 Å². The van der Waals surface area contributed by atoms with Crippen molar-refractivity contribution < 1.29 is 8.42 Å². The van der Waals surface area contributed by atoms with Crippen molar-refractivity contribution in [3.05, 3.63) is 15.4 Å². The van der Waals surface area contributed by atoms with Crippen molar-refractivity contribution in [2.45, 2.75) is 37.4 Å². The highest BCUT2D eigenvalue weighted by molar-refractivity contribution is 7.91. The van der Waals surface area contributed by atoms with E-state index in [1.807, 2.05) is 0 Å². The van der Waals surface area contributed by atoms with E-state index in [4.69, 9.17) is 0 Å². The Morgan fingerprint density at radius 3 is 2.70 bits per heavy atom. The Labute approximate surface area is 123 Å². The highest BCUT2D eigenvalue weighted by Crippen LogP contribution is 2.20. The molecule has 0 aliphatic carbocycles. The fourth-order valence-electron chi connectivity index (χ4n) is 2.44. The van der Waals surface area contributed by atoms with Crippen LogP contribution in [0.15, 0.2) is 9.00 Å². The summed E-state index contributed by atoms with van der Waals surface area (Å²) in [6.45, 7) is 8.25. The van der Waals surface area contributed by atoms with Crippen LogP contribution in [0.5, 0.6) is 0 Å².